The van der Waals surface area contributed by atoms with Crippen molar-refractivity contribution >= 4 is 5.91 Å². The van der Waals surface area contributed by atoms with E-state index in [0.29, 0.717) is 24.9 Å². The fraction of sp³-hybridized carbons (Fsp3) is 0.917. The van der Waals surface area contributed by atoms with Crippen LogP contribution >= 0.6 is 0 Å². The molecule has 0 bridgehead atoms. The third-order valence-corrected chi connectivity index (χ3v) is 3.55. The summed E-state index contributed by atoms with van der Waals surface area (Å²) in [7, 11) is 1.95. The number of amides is 1. The van der Waals surface area contributed by atoms with E-state index in [2.05, 4.69) is 6.92 Å². The Morgan fingerprint density at radius 1 is 1.40 bits per heavy atom. The second-order valence-electron chi connectivity index (χ2n) is 4.73. The van der Waals surface area contributed by atoms with Crippen molar-refractivity contribution in [2.45, 2.75) is 51.5 Å². The highest BCUT2D eigenvalue weighted by Gasteiger charge is 2.27. The van der Waals surface area contributed by atoms with Crippen molar-refractivity contribution in [3.63, 3.8) is 0 Å². The normalized spacial score (nSPS) is 26.3. The predicted octanol–water partition coefficient (Wildman–Crippen LogP) is 1.76. The molecule has 2 N–H and O–H groups in total. The summed E-state index contributed by atoms with van der Waals surface area (Å²) < 4.78 is 0. The second-order valence-corrected chi connectivity index (χ2v) is 4.73. The van der Waals surface area contributed by atoms with Gasteiger partial charge in [0.25, 0.3) is 0 Å². The van der Waals surface area contributed by atoms with E-state index in [1.807, 2.05) is 11.9 Å². The molecular weight excluding hydrogens is 188 g/mol. The largest absolute Gasteiger partial charge is 0.343 e. The Bertz CT molecular complexity index is 206. The summed E-state index contributed by atoms with van der Waals surface area (Å²) in [5, 5.41) is 0. The van der Waals surface area contributed by atoms with Crippen LogP contribution in [0.2, 0.25) is 0 Å². The molecule has 1 aliphatic rings. The zero-order valence-corrected chi connectivity index (χ0v) is 10.0. The van der Waals surface area contributed by atoms with E-state index in [4.69, 9.17) is 5.73 Å². The Morgan fingerprint density at radius 3 is 2.67 bits per heavy atom. The molecular formula is C12H24N2O. The van der Waals surface area contributed by atoms with Crippen LogP contribution in [-0.4, -0.2) is 30.4 Å². The molecule has 3 heteroatoms. The van der Waals surface area contributed by atoms with Crippen LogP contribution < -0.4 is 5.73 Å². The van der Waals surface area contributed by atoms with Gasteiger partial charge in [-0.05, 0) is 31.7 Å². The Morgan fingerprint density at radius 2 is 2.07 bits per heavy atom. The van der Waals surface area contributed by atoms with Gasteiger partial charge >= 0.3 is 0 Å². The van der Waals surface area contributed by atoms with Gasteiger partial charge in [0.2, 0.25) is 5.91 Å². The number of carbonyl (C=O) groups is 1. The lowest BCUT2D eigenvalue weighted by molar-refractivity contribution is -0.133. The monoisotopic (exact) mass is 212 g/mol. The minimum atomic E-state index is 0.263. The fourth-order valence-electron chi connectivity index (χ4n) is 2.49. The van der Waals surface area contributed by atoms with Crippen molar-refractivity contribution < 1.29 is 4.79 Å². The molecule has 0 aliphatic heterocycles. The lowest BCUT2D eigenvalue weighted by Gasteiger charge is -2.36. The molecule has 2 atom stereocenters. The first-order valence-corrected chi connectivity index (χ1v) is 6.12. The highest BCUT2D eigenvalue weighted by Crippen LogP contribution is 2.27. The first-order chi connectivity index (χ1) is 7.16. The van der Waals surface area contributed by atoms with Gasteiger partial charge in [0.05, 0.1) is 0 Å². The maximum absolute atomic E-state index is 11.8. The van der Waals surface area contributed by atoms with Crippen LogP contribution in [0.4, 0.5) is 0 Å². The first kappa shape index (κ1) is 12.5. The van der Waals surface area contributed by atoms with Gasteiger partial charge < -0.3 is 10.6 Å². The number of nitrogens with two attached hydrogens (primary N) is 1. The van der Waals surface area contributed by atoms with Gasteiger partial charge in [-0.15, -0.1) is 0 Å². The molecule has 0 saturated heterocycles. The van der Waals surface area contributed by atoms with Crippen molar-refractivity contribution in [2.24, 2.45) is 11.7 Å². The van der Waals surface area contributed by atoms with Crippen LogP contribution in [0.5, 0.6) is 0 Å². The van der Waals surface area contributed by atoms with Gasteiger partial charge in [0.1, 0.15) is 0 Å². The van der Waals surface area contributed by atoms with Crippen LogP contribution in [-0.2, 0) is 4.79 Å². The van der Waals surface area contributed by atoms with Crippen molar-refractivity contribution in [1.29, 1.82) is 0 Å². The summed E-state index contributed by atoms with van der Waals surface area (Å²) >= 11 is 0. The van der Waals surface area contributed by atoms with Crippen molar-refractivity contribution in [3.8, 4) is 0 Å². The molecule has 0 aromatic heterocycles. The molecule has 1 aliphatic carbocycles. The summed E-state index contributed by atoms with van der Waals surface area (Å²) in [4.78, 5) is 13.8. The molecule has 1 fully saturated rings. The highest BCUT2D eigenvalue weighted by molar-refractivity contribution is 5.76. The number of nitrogens with zero attached hydrogens (tertiary/aromatic N) is 1. The Kier molecular flexibility index (Phi) is 5.09. The molecule has 1 amide bonds. The Balaban J connectivity index is 2.42. The molecule has 1 saturated carbocycles. The Hall–Kier alpha value is -0.570. The van der Waals surface area contributed by atoms with Crippen molar-refractivity contribution in [2.75, 3.05) is 13.6 Å². The van der Waals surface area contributed by atoms with Gasteiger partial charge in [-0.25, -0.2) is 0 Å². The molecule has 0 radical (unpaired) electrons. The van der Waals surface area contributed by atoms with Crippen LogP contribution in [0.25, 0.3) is 0 Å². The molecule has 88 valence electrons. The molecule has 0 spiro atoms. The van der Waals surface area contributed by atoms with Crippen LogP contribution in [0.15, 0.2) is 0 Å². The lowest BCUT2D eigenvalue weighted by atomic mass is 9.85. The SMILES string of the molecule is CC1CCCCC1N(C)C(=O)CCCN. The van der Waals surface area contributed by atoms with Gasteiger partial charge in [0, 0.05) is 19.5 Å². The van der Waals surface area contributed by atoms with Gasteiger partial charge in [-0.1, -0.05) is 19.8 Å². The Labute approximate surface area is 93.0 Å². The highest BCUT2D eigenvalue weighted by atomic mass is 16.2. The minimum Gasteiger partial charge on any atom is -0.343 e. The maximum atomic E-state index is 11.8. The standard InChI is InChI=1S/C12H24N2O/c1-10-6-3-4-7-11(10)14(2)12(15)8-5-9-13/h10-11H,3-9,13H2,1-2H3. The van der Waals surface area contributed by atoms with Gasteiger partial charge in [0.15, 0.2) is 0 Å². The molecule has 15 heavy (non-hydrogen) atoms. The molecule has 2 unspecified atom stereocenters. The van der Waals surface area contributed by atoms with Crippen molar-refractivity contribution in [1.82, 2.24) is 4.90 Å². The molecule has 1 rings (SSSR count). The molecule has 3 nitrogen and oxygen atoms in total. The summed E-state index contributed by atoms with van der Waals surface area (Å²) in [5.41, 5.74) is 5.41. The average molecular weight is 212 g/mol. The number of rotatable bonds is 4. The maximum Gasteiger partial charge on any atom is 0.222 e. The van der Waals surface area contributed by atoms with Gasteiger partial charge in [-0.2, -0.15) is 0 Å². The zero-order valence-electron chi connectivity index (χ0n) is 10.0. The van der Waals surface area contributed by atoms with E-state index in [-0.39, 0.29) is 5.91 Å². The summed E-state index contributed by atoms with van der Waals surface area (Å²) in [5.74, 6) is 0.921. The van der Waals surface area contributed by atoms with Crippen LogP contribution in [0.1, 0.15) is 45.4 Å². The summed E-state index contributed by atoms with van der Waals surface area (Å²) in [6.45, 7) is 2.87. The lowest BCUT2D eigenvalue weighted by Crippen LogP contribution is -2.42. The van der Waals surface area contributed by atoms with E-state index < -0.39 is 0 Å². The van der Waals surface area contributed by atoms with E-state index >= 15 is 0 Å². The third-order valence-electron chi connectivity index (χ3n) is 3.55. The predicted molar refractivity (Wildman–Crippen MR) is 62.5 cm³/mol. The van der Waals surface area contributed by atoms with Crippen LogP contribution in [0, 0.1) is 5.92 Å². The van der Waals surface area contributed by atoms with Gasteiger partial charge in [-0.3, -0.25) is 4.79 Å². The van der Waals surface area contributed by atoms with Crippen molar-refractivity contribution in [3.05, 3.63) is 0 Å². The average Bonchev–Trinajstić information content (AvgIpc) is 2.25. The zero-order chi connectivity index (χ0) is 11.3. The number of hydrogen-bond acceptors (Lipinski definition) is 2. The van der Waals surface area contributed by atoms with E-state index in [9.17, 15) is 4.79 Å². The van der Waals surface area contributed by atoms with E-state index in [0.717, 1.165) is 6.42 Å². The number of carbonyl (C=O) groups excluding carboxylic acids is 1. The minimum absolute atomic E-state index is 0.263. The molecule has 0 heterocycles. The molecule has 0 aromatic carbocycles. The third kappa shape index (κ3) is 3.49. The summed E-state index contributed by atoms with van der Waals surface area (Å²) in [6.07, 6.45) is 6.44. The topological polar surface area (TPSA) is 46.3 Å². The first-order valence-electron chi connectivity index (χ1n) is 6.12. The number of hydrogen-bond donors (Lipinski definition) is 1. The summed E-state index contributed by atoms with van der Waals surface area (Å²) in [6, 6.07) is 0.462. The molecule has 0 aromatic rings. The van der Waals surface area contributed by atoms with Crippen LogP contribution in [0.3, 0.4) is 0 Å². The quantitative estimate of drug-likeness (QED) is 0.772. The van der Waals surface area contributed by atoms with E-state index in [1.54, 1.807) is 0 Å². The fourth-order valence-corrected chi connectivity index (χ4v) is 2.49. The smallest absolute Gasteiger partial charge is 0.222 e. The second kappa shape index (κ2) is 6.11. The van der Waals surface area contributed by atoms with E-state index in [1.165, 1.54) is 25.7 Å².